The van der Waals surface area contributed by atoms with Crippen molar-refractivity contribution in [2.45, 2.75) is 62.7 Å². The number of sulfonamides is 1. The molecule has 5 fully saturated rings. The predicted octanol–water partition coefficient (Wildman–Crippen LogP) is 4.67. The number of hydrogen-bond acceptors (Lipinski definition) is 3. The summed E-state index contributed by atoms with van der Waals surface area (Å²) in [5.41, 5.74) is 0.130. The van der Waals surface area contributed by atoms with Gasteiger partial charge in [0.25, 0.3) is 0 Å². The number of anilines is 1. The summed E-state index contributed by atoms with van der Waals surface area (Å²) in [4.78, 5) is 13.6. The average Bonchev–Trinajstić information content (AvgIpc) is 2.69. The Labute approximate surface area is 178 Å². The molecular weight excluding hydrogens is 408 g/mol. The van der Waals surface area contributed by atoms with E-state index in [1.165, 1.54) is 19.3 Å². The van der Waals surface area contributed by atoms with E-state index >= 15 is 0 Å². The maximum Gasteiger partial charge on any atom is 0.243 e. The highest BCUT2D eigenvalue weighted by Crippen LogP contribution is 2.60. The lowest BCUT2D eigenvalue weighted by atomic mass is 9.49. The largest absolute Gasteiger partial charge is 0.324 e. The van der Waals surface area contributed by atoms with Crippen LogP contribution in [0.25, 0.3) is 0 Å². The topological polar surface area (TPSA) is 66.5 Å². The number of piperidine rings is 1. The van der Waals surface area contributed by atoms with E-state index in [0.29, 0.717) is 41.6 Å². The van der Waals surface area contributed by atoms with Gasteiger partial charge in [0.1, 0.15) is 0 Å². The Hall–Kier alpha value is -1.11. The number of halogens is 1. The molecule has 1 amide bonds. The second-order valence-corrected chi connectivity index (χ2v) is 12.1. The van der Waals surface area contributed by atoms with Crippen LogP contribution in [-0.4, -0.2) is 31.7 Å². The van der Waals surface area contributed by atoms with E-state index in [4.69, 9.17) is 11.6 Å². The van der Waals surface area contributed by atoms with E-state index < -0.39 is 10.0 Å². The second-order valence-electron chi connectivity index (χ2n) is 9.76. The van der Waals surface area contributed by atoms with Crippen LogP contribution in [0.15, 0.2) is 23.1 Å². The number of nitrogens with zero attached hydrogens (tertiary/aromatic N) is 1. The first-order valence-corrected chi connectivity index (χ1v) is 12.8. The quantitative estimate of drug-likeness (QED) is 0.745. The Morgan fingerprint density at radius 3 is 2.17 bits per heavy atom. The van der Waals surface area contributed by atoms with Crippen LogP contribution in [0.2, 0.25) is 5.02 Å². The van der Waals surface area contributed by atoms with E-state index in [9.17, 15) is 13.2 Å². The molecule has 1 aliphatic heterocycles. The Morgan fingerprint density at radius 2 is 1.59 bits per heavy atom. The number of hydrogen-bond donors (Lipinski definition) is 1. The van der Waals surface area contributed by atoms with Crippen molar-refractivity contribution in [1.82, 2.24) is 4.31 Å². The van der Waals surface area contributed by atoms with Gasteiger partial charge < -0.3 is 5.32 Å². The third kappa shape index (κ3) is 3.51. The fourth-order valence-corrected chi connectivity index (χ4v) is 8.37. The van der Waals surface area contributed by atoms with E-state index in [0.717, 1.165) is 38.5 Å². The highest BCUT2D eigenvalue weighted by atomic mass is 35.5. The van der Waals surface area contributed by atoms with Crippen LogP contribution in [0, 0.1) is 23.2 Å². The molecule has 1 aromatic rings. The molecule has 0 atom stereocenters. The summed E-state index contributed by atoms with van der Waals surface area (Å²) in [7, 11) is -3.56. The van der Waals surface area contributed by atoms with Gasteiger partial charge in [-0.3, -0.25) is 4.79 Å². The van der Waals surface area contributed by atoms with Crippen LogP contribution in [0.4, 0.5) is 5.69 Å². The maximum atomic E-state index is 13.4. The molecule has 1 N–H and O–H groups in total. The van der Waals surface area contributed by atoms with Gasteiger partial charge in [0.2, 0.25) is 15.9 Å². The van der Waals surface area contributed by atoms with Crippen LogP contribution in [-0.2, 0) is 14.8 Å². The molecule has 4 saturated carbocycles. The van der Waals surface area contributed by atoms with Crippen LogP contribution in [0.3, 0.4) is 0 Å². The van der Waals surface area contributed by atoms with E-state index in [-0.39, 0.29) is 16.2 Å². The summed E-state index contributed by atoms with van der Waals surface area (Å²) in [5.74, 6) is 2.06. The number of nitrogens with one attached hydrogen (secondary N) is 1. The lowest BCUT2D eigenvalue weighted by molar-refractivity contribution is -0.140. The number of carbonyl (C=O) groups excluding carboxylic acids is 1. The molecule has 4 bridgehead atoms. The van der Waals surface area contributed by atoms with Crippen molar-refractivity contribution in [1.29, 1.82) is 0 Å². The Morgan fingerprint density at radius 1 is 1.00 bits per heavy atom. The molecular formula is C22H29ClN2O3S. The second kappa shape index (κ2) is 7.24. The molecule has 1 heterocycles. The van der Waals surface area contributed by atoms with Crippen LogP contribution in [0.1, 0.15) is 57.8 Å². The van der Waals surface area contributed by atoms with Crippen molar-refractivity contribution in [3.05, 3.63) is 23.2 Å². The Bertz CT molecular complexity index is 889. The van der Waals surface area contributed by atoms with Crippen molar-refractivity contribution in [3.8, 4) is 0 Å². The molecule has 5 aliphatic rings. The summed E-state index contributed by atoms with van der Waals surface area (Å²) in [5, 5.41) is 3.42. The minimum absolute atomic E-state index is 0.0334. The molecule has 0 unspecified atom stereocenters. The predicted molar refractivity (Wildman–Crippen MR) is 113 cm³/mol. The molecule has 5 nitrogen and oxygen atoms in total. The fourth-order valence-electron chi connectivity index (χ4n) is 6.66. The first-order chi connectivity index (χ1) is 13.9. The lowest BCUT2D eigenvalue weighted by Crippen LogP contribution is -2.51. The smallest absolute Gasteiger partial charge is 0.243 e. The highest BCUT2D eigenvalue weighted by molar-refractivity contribution is 7.89. The standard InChI is InChI=1S/C22H29ClN2O3S/c23-19-5-4-18(29(27,28)25-6-2-1-3-7-25)11-20(19)24-21(26)22-12-15-8-16(13-22)10-17(9-15)14-22/h4-5,11,15-17H,1-3,6-10,12-14H2,(H,24,26). The summed E-state index contributed by atoms with van der Waals surface area (Å²) < 4.78 is 27.6. The molecule has 158 valence electrons. The maximum absolute atomic E-state index is 13.4. The number of rotatable bonds is 4. The van der Waals surface area contributed by atoms with Crippen LogP contribution in [0.5, 0.6) is 0 Å². The number of carbonyl (C=O) groups is 1. The molecule has 29 heavy (non-hydrogen) atoms. The normalized spacial score (nSPS) is 34.3. The van der Waals surface area contributed by atoms with Gasteiger partial charge in [-0.05, 0) is 87.3 Å². The Balaban J connectivity index is 1.39. The zero-order chi connectivity index (χ0) is 20.2. The molecule has 0 aromatic heterocycles. The number of amides is 1. The molecule has 1 aromatic carbocycles. The molecule has 0 spiro atoms. The average molecular weight is 437 g/mol. The first kappa shape index (κ1) is 19.8. The molecule has 7 heteroatoms. The molecule has 1 saturated heterocycles. The molecule has 4 aliphatic carbocycles. The van der Waals surface area contributed by atoms with E-state index in [2.05, 4.69) is 5.32 Å². The lowest BCUT2D eigenvalue weighted by Gasteiger charge is -2.55. The minimum atomic E-state index is -3.56. The van der Waals surface area contributed by atoms with Gasteiger partial charge in [0, 0.05) is 13.1 Å². The minimum Gasteiger partial charge on any atom is -0.324 e. The van der Waals surface area contributed by atoms with Gasteiger partial charge in [-0.2, -0.15) is 4.31 Å². The first-order valence-electron chi connectivity index (χ1n) is 11.0. The van der Waals surface area contributed by atoms with Crippen LogP contribution >= 0.6 is 11.6 Å². The van der Waals surface area contributed by atoms with Gasteiger partial charge in [0.15, 0.2) is 0 Å². The van der Waals surface area contributed by atoms with Gasteiger partial charge in [-0.1, -0.05) is 18.0 Å². The summed E-state index contributed by atoms with van der Waals surface area (Å²) in [6, 6.07) is 4.69. The van der Waals surface area contributed by atoms with Gasteiger partial charge >= 0.3 is 0 Å². The summed E-state index contributed by atoms with van der Waals surface area (Å²) >= 11 is 6.36. The van der Waals surface area contributed by atoms with Crippen molar-refractivity contribution in [3.63, 3.8) is 0 Å². The summed E-state index contributed by atoms with van der Waals surface area (Å²) in [6.07, 6.45) is 9.57. The van der Waals surface area contributed by atoms with Crippen molar-refractivity contribution in [2.75, 3.05) is 18.4 Å². The van der Waals surface area contributed by atoms with E-state index in [1.807, 2.05) is 0 Å². The number of benzene rings is 1. The molecule has 0 radical (unpaired) electrons. The van der Waals surface area contributed by atoms with Gasteiger partial charge in [-0.25, -0.2) is 8.42 Å². The van der Waals surface area contributed by atoms with E-state index in [1.54, 1.807) is 22.5 Å². The zero-order valence-electron chi connectivity index (χ0n) is 16.7. The van der Waals surface area contributed by atoms with Crippen molar-refractivity contribution < 1.29 is 13.2 Å². The van der Waals surface area contributed by atoms with Gasteiger partial charge in [0.05, 0.1) is 21.0 Å². The fraction of sp³-hybridized carbons (Fsp3) is 0.682. The monoisotopic (exact) mass is 436 g/mol. The zero-order valence-corrected chi connectivity index (χ0v) is 18.3. The van der Waals surface area contributed by atoms with Crippen molar-refractivity contribution in [2.24, 2.45) is 23.2 Å². The van der Waals surface area contributed by atoms with Gasteiger partial charge in [-0.15, -0.1) is 0 Å². The SMILES string of the molecule is O=C(Nc1cc(S(=O)(=O)N2CCCCC2)ccc1Cl)C12CC3CC(CC(C3)C1)C2. The highest BCUT2D eigenvalue weighted by Gasteiger charge is 2.54. The Kier molecular flexibility index (Phi) is 4.95. The third-order valence-corrected chi connectivity index (χ3v) is 9.88. The third-order valence-electron chi connectivity index (χ3n) is 7.66. The summed E-state index contributed by atoms with van der Waals surface area (Å²) in [6.45, 7) is 1.11. The molecule has 6 rings (SSSR count). The van der Waals surface area contributed by atoms with Crippen molar-refractivity contribution >= 4 is 33.2 Å². The van der Waals surface area contributed by atoms with Crippen LogP contribution < -0.4 is 5.32 Å².